The minimum Gasteiger partial charge on any atom is -0.480 e. The van der Waals surface area contributed by atoms with Gasteiger partial charge in [0.25, 0.3) is 0 Å². The summed E-state index contributed by atoms with van der Waals surface area (Å²) in [6.07, 6.45) is 6.91. The average Bonchev–Trinajstić information content (AvgIpc) is 3.18. The summed E-state index contributed by atoms with van der Waals surface area (Å²) >= 11 is 2.79. The molecule has 2 aromatic heterocycles. The Hall–Kier alpha value is -2.64. The van der Waals surface area contributed by atoms with Gasteiger partial charge in [-0.1, -0.05) is 60.3 Å². The van der Waals surface area contributed by atoms with Gasteiger partial charge in [-0.3, -0.25) is 4.79 Å². The summed E-state index contributed by atoms with van der Waals surface area (Å²) in [5.41, 5.74) is 3.27. The minimum atomic E-state index is -0.894. The molecule has 0 aliphatic carbocycles. The van der Waals surface area contributed by atoms with Crippen molar-refractivity contribution in [1.29, 1.82) is 0 Å². The second-order valence-corrected chi connectivity index (χ2v) is 10.5. The first-order valence-electron chi connectivity index (χ1n) is 10.1. The molecule has 7 heteroatoms. The number of anilines is 1. The minimum absolute atomic E-state index is 0.739. The van der Waals surface area contributed by atoms with Crippen molar-refractivity contribution in [3.8, 4) is 0 Å². The van der Waals surface area contributed by atoms with E-state index in [0.717, 1.165) is 40.9 Å². The Bertz CT molecular complexity index is 1010. The van der Waals surface area contributed by atoms with Crippen molar-refractivity contribution in [2.75, 3.05) is 18.0 Å². The van der Waals surface area contributed by atoms with Crippen molar-refractivity contribution < 1.29 is 9.90 Å². The summed E-state index contributed by atoms with van der Waals surface area (Å²) < 4.78 is -0.110. The number of aromatic nitrogens is 2. The van der Waals surface area contributed by atoms with Gasteiger partial charge in [0.1, 0.15) is 10.6 Å². The fraction of sp³-hybridized carbons (Fsp3) is 0.292. The molecule has 0 unspecified atom stereocenters. The highest BCUT2D eigenvalue weighted by Gasteiger charge is 2.29. The maximum atomic E-state index is 11.4. The molecule has 0 fully saturated rings. The van der Waals surface area contributed by atoms with Crippen molar-refractivity contribution in [3.05, 3.63) is 76.9 Å². The number of benzene rings is 1. The van der Waals surface area contributed by atoms with Crippen LogP contribution in [-0.2, 0) is 11.2 Å². The molecule has 0 saturated carbocycles. The molecule has 0 amide bonds. The summed E-state index contributed by atoms with van der Waals surface area (Å²) in [7, 11) is 0. The lowest BCUT2D eigenvalue weighted by molar-refractivity contribution is -0.138. The molecule has 1 aromatic carbocycles. The third-order valence-electron chi connectivity index (χ3n) is 4.68. The van der Waals surface area contributed by atoms with Gasteiger partial charge in [-0.2, -0.15) is 0 Å². The Balaban J connectivity index is 1.67. The molecule has 1 N–H and O–H groups in total. The van der Waals surface area contributed by atoms with Gasteiger partial charge in [-0.05, 0) is 38.0 Å². The Labute approximate surface area is 191 Å². The molecule has 31 heavy (non-hydrogen) atoms. The standard InChI is InChI=1S/C24H27N3O2S2/c1-18-11-12-21(25-16-18)27(14-7-10-19-8-5-4-6-9-19)15-13-20-17-30-23(26-20)31-24(2,3)22(28)29/h4-12,16-17H,13-15H2,1-3H3,(H,28,29)/b10-7+. The van der Waals surface area contributed by atoms with E-state index in [1.165, 1.54) is 28.7 Å². The summed E-state index contributed by atoms with van der Waals surface area (Å²) in [6, 6.07) is 14.4. The Kier molecular flexibility index (Phi) is 7.87. The molecule has 2 heterocycles. The molecule has 162 valence electrons. The van der Waals surface area contributed by atoms with E-state index in [4.69, 9.17) is 0 Å². The molecule has 3 rings (SSSR count). The predicted octanol–water partition coefficient (Wildman–Crippen LogP) is 5.56. The SMILES string of the molecule is Cc1ccc(N(C/C=C/c2ccccc2)CCc2csc(SC(C)(C)C(=O)O)n2)nc1. The van der Waals surface area contributed by atoms with Gasteiger partial charge in [0.05, 0.1) is 5.69 Å². The first-order chi connectivity index (χ1) is 14.8. The smallest absolute Gasteiger partial charge is 0.319 e. The number of aryl methyl sites for hydroxylation is 1. The summed E-state index contributed by atoms with van der Waals surface area (Å²) in [5, 5.41) is 11.3. The summed E-state index contributed by atoms with van der Waals surface area (Å²) in [5.74, 6) is 0.0937. The largest absolute Gasteiger partial charge is 0.480 e. The van der Waals surface area contributed by atoms with E-state index >= 15 is 0 Å². The van der Waals surface area contributed by atoms with Crippen LogP contribution >= 0.6 is 23.1 Å². The number of carboxylic acid groups (broad SMARTS) is 1. The average molecular weight is 454 g/mol. The van der Waals surface area contributed by atoms with Gasteiger partial charge in [0.15, 0.2) is 4.34 Å². The number of carboxylic acids is 1. The van der Waals surface area contributed by atoms with Crippen LogP contribution in [0.25, 0.3) is 6.08 Å². The summed E-state index contributed by atoms with van der Waals surface area (Å²) in [4.78, 5) is 22.8. The molecule has 0 aliphatic rings. The van der Waals surface area contributed by atoms with E-state index < -0.39 is 10.7 Å². The highest BCUT2D eigenvalue weighted by Crippen LogP contribution is 2.34. The van der Waals surface area contributed by atoms with E-state index in [1.807, 2.05) is 42.8 Å². The van der Waals surface area contributed by atoms with E-state index in [2.05, 4.69) is 45.2 Å². The second-order valence-electron chi connectivity index (χ2n) is 7.73. The zero-order valence-corrected chi connectivity index (χ0v) is 19.6. The number of thiazole rings is 1. The monoisotopic (exact) mass is 453 g/mol. The number of pyridine rings is 1. The van der Waals surface area contributed by atoms with Crippen LogP contribution < -0.4 is 4.90 Å². The van der Waals surface area contributed by atoms with Gasteiger partial charge in [0.2, 0.25) is 0 Å². The van der Waals surface area contributed by atoms with Crippen molar-refractivity contribution in [3.63, 3.8) is 0 Å². The lowest BCUT2D eigenvalue weighted by atomic mass is 10.2. The van der Waals surface area contributed by atoms with E-state index in [1.54, 1.807) is 13.8 Å². The lowest BCUT2D eigenvalue weighted by Crippen LogP contribution is -2.27. The zero-order valence-electron chi connectivity index (χ0n) is 18.0. The Morgan fingerprint density at radius 3 is 2.68 bits per heavy atom. The van der Waals surface area contributed by atoms with Crippen LogP contribution in [0.15, 0.2) is 64.5 Å². The number of hydrogen-bond donors (Lipinski definition) is 1. The normalized spacial score (nSPS) is 11.7. The molecular formula is C24H27N3O2S2. The van der Waals surface area contributed by atoms with Crippen molar-refractivity contribution in [2.45, 2.75) is 36.3 Å². The van der Waals surface area contributed by atoms with Gasteiger partial charge in [-0.25, -0.2) is 9.97 Å². The fourth-order valence-corrected chi connectivity index (χ4v) is 5.01. The highest BCUT2D eigenvalue weighted by molar-refractivity contribution is 8.02. The van der Waals surface area contributed by atoms with E-state index in [-0.39, 0.29) is 0 Å². The van der Waals surface area contributed by atoms with Gasteiger partial charge in [-0.15, -0.1) is 11.3 Å². The second kappa shape index (κ2) is 10.6. The van der Waals surface area contributed by atoms with Crippen molar-refractivity contribution in [2.24, 2.45) is 0 Å². The molecular weight excluding hydrogens is 426 g/mol. The van der Waals surface area contributed by atoms with Crippen LogP contribution in [0.2, 0.25) is 0 Å². The number of nitrogens with zero attached hydrogens (tertiary/aromatic N) is 3. The number of carbonyl (C=O) groups is 1. The van der Waals surface area contributed by atoms with Crippen LogP contribution in [0.5, 0.6) is 0 Å². The first kappa shape index (κ1) is 23.0. The van der Waals surface area contributed by atoms with Crippen molar-refractivity contribution >= 4 is 41.0 Å². The third kappa shape index (κ3) is 6.94. The van der Waals surface area contributed by atoms with Crippen LogP contribution in [-0.4, -0.2) is 38.9 Å². The highest BCUT2D eigenvalue weighted by atomic mass is 32.2. The van der Waals surface area contributed by atoms with Crippen LogP contribution in [0.3, 0.4) is 0 Å². The number of aliphatic carboxylic acids is 1. The molecule has 0 aliphatic heterocycles. The number of hydrogen-bond acceptors (Lipinski definition) is 6. The molecule has 3 aromatic rings. The molecule has 0 saturated heterocycles. The summed E-state index contributed by atoms with van der Waals surface area (Å²) in [6.45, 7) is 6.94. The topological polar surface area (TPSA) is 66.3 Å². The Morgan fingerprint density at radius 2 is 2.00 bits per heavy atom. The van der Waals surface area contributed by atoms with Crippen LogP contribution in [0.4, 0.5) is 5.82 Å². The zero-order chi connectivity index (χ0) is 22.3. The maximum absolute atomic E-state index is 11.4. The molecule has 0 spiro atoms. The predicted molar refractivity (Wildman–Crippen MR) is 130 cm³/mol. The van der Waals surface area contributed by atoms with E-state index in [9.17, 15) is 9.90 Å². The van der Waals surface area contributed by atoms with Gasteiger partial charge >= 0.3 is 5.97 Å². The van der Waals surface area contributed by atoms with Crippen molar-refractivity contribution in [1.82, 2.24) is 9.97 Å². The molecule has 0 atom stereocenters. The maximum Gasteiger partial charge on any atom is 0.319 e. The number of thioether (sulfide) groups is 1. The molecule has 0 radical (unpaired) electrons. The quantitative estimate of drug-likeness (QED) is 0.405. The molecule has 0 bridgehead atoms. The first-order valence-corrected chi connectivity index (χ1v) is 11.8. The van der Waals surface area contributed by atoms with E-state index in [0.29, 0.717) is 0 Å². The van der Waals surface area contributed by atoms with Gasteiger partial charge in [0, 0.05) is 31.1 Å². The fourth-order valence-electron chi connectivity index (χ4n) is 2.79. The lowest BCUT2D eigenvalue weighted by Gasteiger charge is -2.22. The molecule has 5 nitrogen and oxygen atoms in total. The van der Waals surface area contributed by atoms with Crippen LogP contribution in [0, 0.1) is 6.92 Å². The third-order valence-corrected chi connectivity index (χ3v) is 6.85. The Morgan fingerprint density at radius 1 is 1.23 bits per heavy atom. The van der Waals surface area contributed by atoms with Crippen LogP contribution in [0.1, 0.15) is 30.7 Å². The number of rotatable bonds is 10. The van der Waals surface area contributed by atoms with Gasteiger partial charge < -0.3 is 10.0 Å².